The number of hydrogen-bond donors (Lipinski definition) is 2. The Morgan fingerprint density at radius 1 is 1.08 bits per heavy atom. The van der Waals surface area contributed by atoms with Crippen molar-refractivity contribution in [2.24, 2.45) is 0 Å². The van der Waals surface area contributed by atoms with Gasteiger partial charge in [-0.05, 0) is 18.6 Å². The predicted octanol–water partition coefficient (Wildman–Crippen LogP) is 4.16. The molecule has 1 heterocycles. The first-order valence-electron chi connectivity index (χ1n) is 7.86. The minimum absolute atomic E-state index is 0.0966. The van der Waals surface area contributed by atoms with Crippen LogP contribution in [-0.2, 0) is 4.79 Å². The molecule has 0 saturated heterocycles. The molecule has 6 heteroatoms. The van der Waals surface area contributed by atoms with Gasteiger partial charge in [0.15, 0.2) is 0 Å². The van der Waals surface area contributed by atoms with E-state index >= 15 is 0 Å². The fourth-order valence-corrected chi connectivity index (χ4v) is 3.95. The monoisotopic (exact) mass is 372 g/mol. The normalized spacial score (nSPS) is 11.9. The molecule has 0 aliphatic heterocycles. The van der Waals surface area contributed by atoms with Crippen LogP contribution in [0.3, 0.4) is 0 Å². The fourth-order valence-electron chi connectivity index (χ4n) is 2.52. The highest BCUT2D eigenvalue weighted by Crippen LogP contribution is 2.34. The van der Waals surface area contributed by atoms with Crippen molar-refractivity contribution in [3.8, 4) is 0 Å². The van der Waals surface area contributed by atoms with E-state index in [1.807, 2.05) is 61.5 Å². The second-order valence-electron chi connectivity index (χ2n) is 5.62. The van der Waals surface area contributed by atoms with Gasteiger partial charge in [0.1, 0.15) is 4.88 Å². The zero-order valence-electron chi connectivity index (χ0n) is 13.6. The van der Waals surface area contributed by atoms with Crippen LogP contribution in [0.5, 0.6) is 0 Å². The molecule has 0 spiro atoms. The van der Waals surface area contributed by atoms with Crippen LogP contribution in [0.4, 0.5) is 0 Å². The first-order valence-corrected chi connectivity index (χ1v) is 9.05. The lowest BCUT2D eigenvalue weighted by Crippen LogP contribution is -2.37. The molecule has 4 nitrogen and oxygen atoms in total. The van der Waals surface area contributed by atoms with Gasteiger partial charge in [-0.15, -0.1) is 11.3 Å². The SMILES string of the molecule is C[C@@H](NC(=O)CNC(=O)c1sc2ccccc2c1Cl)c1ccccc1. The Kier molecular flexibility index (Phi) is 5.36. The molecule has 0 aliphatic rings. The lowest BCUT2D eigenvalue weighted by Gasteiger charge is -2.14. The highest BCUT2D eigenvalue weighted by molar-refractivity contribution is 7.21. The number of rotatable bonds is 5. The lowest BCUT2D eigenvalue weighted by molar-refractivity contribution is -0.120. The van der Waals surface area contributed by atoms with Crippen molar-refractivity contribution in [1.29, 1.82) is 0 Å². The van der Waals surface area contributed by atoms with Crippen LogP contribution < -0.4 is 10.6 Å². The van der Waals surface area contributed by atoms with Crippen LogP contribution in [0.25, 0.3) is 10.1 Å². The molecule has 0 aliphatic carbocycles. The van der Waals surface area contributed by atoms with Crippen LogP contribution in [0.1, 0.15) is 28.2 Å². The van der Waals surface area contributed by atoms with Gasteiger partial charge in [0, 0.05) is 10.1 Å². The van der Waals surface area contributed by atoms with Crippen LogP contribution in [0.2, 0.25) is 5.02 Å². The van der Waals surface area contributed by atoms with E-state index < -0.39 is 0 Å². The van der Waals surface area contributed by atoms with E-state index in [0.29, 0.717) is 9.90 Å². The van der Waals surface area contributed by atoms with E-state index in [1.165, 1.54) is 11.3 Å². The van der Waals surface area contributed by atoms with Gasteiger partial charge in [-0.3, -0.25) is 9.59 Å². The first-order chi connectivity index (χ1) is 12.1. The van der Waals surface area contributed by atoms with Crippen LogP contribution >= 0.6 is 22.9 Å². The van der Waals surface area contributed by atoms with Crippen LogP contribution in [0, 0.1) is 0 Å². The van der Waals surface area contributed by atoms with Crippen molar-refractivity contribution in [2.45, 2.75) is 13.0 Å². The van der Waals surface area contributed by atoms with Gasteiger partial charge >= 0.3 is 0 Å². The van der Waals surface area contributed by atoms with E-state index in [-0.39, 0.29) is 24.4 Å². The minimum Gasteiger partial charge on any atom is -0.348 e. The van der Waals surface area contributed by atoms with Gasteiger partial charge in [-0.1, -0.05) is 60.1 Å². The predicted molar refractivity (Wildman–Crippen MR) is 102 cm³/mol. The Hall–Kier alpha value is -2.37. The van der Waals surface area contributed by atoms with Crippen molar-refractivity contribution in [3.05, 3.63) is 70.1 Å². The number of carbonyl (C=O) groups is 2. The van der Waals surface area contributed by atoms with Crippen LogP contribution in [0.15, 0.2) is 54.6 Å². The maximum atomic E-state index is 12.3. The number of amides is 2. The summed E-state index contributed by atoms with van der Waals surface area (Å²) >= 11 is 7.60. The summed E-state index contributed by atoms with van der Waals surface area (Å²) in [4.78, 5) is 24.8. The molecule has 0 saturated carbocycles. The highest BCUT2D eigenvalue weighted by atomic mass is 35.5. The number of thiophene rings is 1. The van der Waals surface area contributed by atoms with E-state index in [9.17, 15) is 9.59 Å². The summed E-state index contributed by atoms with van der Waals surface area (Å²) in [6.45, 7) is 1.80. The average molecular weight is 373 g/mol. The van der Waals surface area contributed by atoms with Gasteiger partial charge in [-0.25, -0.2) is 0 Å². The summed E-state index contributed by atoms with van der Waals surface area (Å²) in [6, 6.07) is 17.1. The number of halogens is 1. The number of nitrogens with one attached hydrogen (secondary N) is 2. The van der Waals surface area contributed by atoms with E-state index in [4.69, 9.17) is 11.6 Å². The van der Waals surface area contributed by atoms with Gasteiger partial charge in [0.05, 0.1) is 17.6 Å². The number of benzene rings is 2. The van der Waals surface area contributed by atoms with Crippen molar-refractivity contribution in [1.82, 2.24) is 10.6 Å². The Balaban J connectivity index is 1.60. The van der Waals surface area contributed by atoms with Gasteiger partial charge in [0.2, 0.25) is 5.91 Å². The molecule has 1 atom stereocenters. The summed E-state index contributed by atoms with van der Waals surface area (Å²) in [7, 11) is 0. The largest absolute Gasteiger partial charge is 0.348 e. The molecule has 1 aromatic heterocycles. The molecule has 0 bridgehead atoms. The Morgan fingerprint density at radius 3 is 2.48 bits per heavy atom. The van der Waals surface area contributed by atoms with E-state index in [1.54, 1.807) is 0 Å². The summed E-state index contributed by atoms with van der Waals surface area (Å²) in [5, 5.41) is 6.77. The summed E-state index contributed by atoms with van der Waals surface area (Å²) in [5.41, 5.74) is 1.01. The third kappa shape index (κ3) is 4.00. The fraction of sp³-hybridized carbons (Fsp3) is 0.158. The molecule has 0 radical (unpaired) electrons. The van der Waals surface area contributed by atoms with Crippen molar-refractivity contribution in [3.63, 3.8) is 0 Å². The third-order valence-electron chi connectivity index (χ3n) is 3.83. The lowest BCUT2D eigenvalue weighted by atomic mass is 10.1. The summed E-state index contributed by atoms with van der Waals surface area (Å²) < 4.78 is 0.944. The van der Waals surface area contributed by atoms with Gasteiger partial charge < -0.3 is 10.6 Å². The van der Waals surface area contributed by atoms with Crippen molar-refractivity contribution >= 4 is 44.8 Å². The van der Waals surface area contributed by atoms with Gasteiger partial charge in [-0.2, -0.15) is 0 Å². The Bertz CT molecular complexity index is 908. The Labute approximate surface area is 154 Å². The minimum atomic E-state index is -0.339. The van der Waals surface area contributed by atoms with Gasteiger partial charge in [0.25, 0.3) is 5.91 Å². The quantitative estimate of drug-likeness (QED) is 0.706. The molecular weight excluding hydrogens is 356 g/mol. The number of fused-ring (bicyclic) bond motifs is 1. The molecule has 2 amide bonds. The molecule has 0 fully saturated rings. The molecule has 128 valence electrons. The Morgan fingerprint density at radius 2 is 1.76 bits per heavy atom. The topological polar surface area (TPSA) is 58.2 Å². The van der Waals surface area contributed by atoms with Crippen LogP contribution in [-0.4, -0.2) is 18.4 Å². The molecule has 2 aromatic carbocycles. The molecular formula is C19H17ClN2O2S. The first kappa shape index (κ1) is 17.5. The smallest absolute Gasteiger partial charge is 0.263 e. The number of carbonyl (C=O) groups excluding carboxylic acids is 2. The second kappa shape index (κ2) is 7.68. The van der Waals surface area contributed by atoms with E-state index in [0.717, 1.165) is 15.6 Å². The molecule has 0 unspecified atom stereocenters. The summed E-state index contributed by atoms with van der Waals surface area (Å²) in [5.74, 6) is -0.587. The maximum absolute atomic E-state index is 12.3. The standard InChI is InChI=1S/C19H17ClN2O2S/c1-12(13-7-3-2-4-8-13)22-16(23)11-21-19(24)18-17(20)14-9-5-6-10-15(14)25-18/h2-10,12H,11H2,1H3,(H,21,24)(H,22,23)/t12-/m1/s1. The maximum Gasteiger partial charge on any atom is 0.263 e. The zero-order valence-corrected chi connectivity index (χ0v) is 15.2. The third-order valence-corrected chi connectivity index (χ3v) is 5.50. The average Bonchev–Trinajstić information content (AvgIpc) is 2.97. The second-order valence-corrected chi connectivity index (χ2v) is 7.05. The number of hydrogen-bond acceptors (Lipinski definition) is 3. The zero-order chi connectivity index (χ0) is 17.8. The molecule has 3 rings (SSSR count). The molecule has 25 heavy (non-hydrogen) atoms. The molecule has 2 N–H and O–H groups in total. The molecule has 3 aromatic rings. The van der Waals surface area contributed by atoms with Crippen molar-refractivity contribution < 1.29 is 9.59 Å². The summed E-state index contributed by atoms with van der Waals surface area (Å²) in [6.07, 6.45) is 0. The van der Waals surface area contributed by atoms with E-state index in [2.05, 4.69) is 10.6 Å². The highest BCUT2D eigenvalue weighted by Gasteiger charge is 2.18. The van der Waals surface area contributed by atoms with Crippen molar-refractivity contribution in [2.75, 3.05) is 6.54 Å².